The summed E-state index contributed by atoms with van der Waals surface area (Å²) in [7, 11) is 0. The van der Waals surface area contributed by atoms with Crippen LogP contribution in [-0.2, 0) is 4.74 Å². The van der Waals surface area contributed by atoms with Crippen LogP contribution < -0.4 is 5.73 Å². The Balaban J connectivity index is 2.11. The molecule has 0 spiro atoms. The molecule has 0 bridgehead atoms. The summed E-state index contributed by atoms with van der Waals surface area (Å²) in [6.45, 7) is 4.06. The molecule has 1 aromatic heterocycles. The molecule has 1 heterocycles. The standard InChI is InChI=1S/C15H19NOS/c1-11(16)15(14-9-6-10-18-14)17-12(2)13-7-4-3-5-8-13/h3-12,15H,16H2,1-2H3. The number of thiophene rings is 1. The van der Waals surface area contributed by atoms with E-state index in [1.54, 1.807) is 11.3 Å². The monoisotopic (exact) mass is 261 g/mol. The van der Waals surface area contributed by atoms with Crippen molar-refractivity contribution < 1.29 is 4.74 Å². The summed E-state index contributed by atoms with van der Waals surface area (Å²) in [5, 5.41) is 2.06. The van der Waals surface area contributed by atoms with Gasteiger partial charge in [0.15, 0.2) is 0 Å². The maximum absolute atomic E-state index is 6.13. The lowest BCUT2D eigenvalue weighted by molar-refractivity contribution is -0.0142. The van der Waals surface area contributed by atoms with Crippen LogP contribution in [0.1, 0.15) is 36.5 Å². The van der Waals surface area contributed by atoms with E-state index in [0.717, 1.165) is 0 Å². The molecule has 0 aliphatic carbocycles. The second-order valence-electron chi connectivity index (χ2n) is 4.48. The maximum Gasteiger partial charge on any atom is 0.107 e. The number of benzene rings is 1. The summed E-state index contributed by atoms with van der Waals surface area (Å²) in [6, 6.07) is 14.3. The molecule has 0 aliphatic rings. The zero-order chi connectivity index (χ0) is 13.0. The van der Waals surface area contributed by atoms with Crippen LogP contribution in [0.25, 0.3) is 0 Å². The lowest BCUT2D eigenvalue weighted by Gasteiger charge is -2.24. The van der Waals surface area contributed by atoms with E-state index in [0.29, 0.717) is 0 Å². The van der Waals surface area contributed by atoms with Gasteiger partial charge in [-0.05, 0) is 30.9 Å². The smallest absolute Gasteiger partial charge is 0.107 e. The van der Waals surface area contributed by atoms with Gasteiger partial charge in [0.25, 0.3) is 0 Å². The van der Waals surface area contributed by atoms with Gasteiger partial charge in [-0.25, -0.2) is 0 Å². The van der Waals surface area contributed by atoms with Gasteiger partial charge in [-0.3, -0.25) is 0 Å². The van der Waals surface area contributed by atoms with Crippen molar-refractivity contribution in [1.29, 1.82) is 0 Å². The first-order chi connectivity index (χ1) is 8.68. The second-order valence-corrected chi connectivity index (χ2v) is 5.46. The fraction of sp³-hybridized carbons (Fsp3) is 0.333. The first kappa shape index (κ1) is 13.3. The quantitative estimate of drug-likeness (QED) is 0.885. The molecule has 2 nitrogen and oxygen atoms in total. The van der Waals surface area contributed by atoms with Crippen LogP contribution in [0.2, 0.25) is 0 Å². The van der Waals surface area contributed by atoms with Gasteiger partial charge < -0.3 is 10.5 Å². The summed E-state index contributed by atoms with van der Waals surface area (Å²) in [5.74, 6) is 0. The van der Waals surface area contributed by atoms with E-state index < -0.39 is 0 Å². The van der Waals surface area contributed by atoms with Crippen molar-refractivity contribution in [2.24, 2.45) is 5.73 Å². The van der Waals surface area contributed by atoms with Crippen molar-refractivity contribution >= 4 is 11.3 Å². The molecule has 2 N–H and O–H groups in total. The Kier molecular flexibility index (Phi) is 4.53. The molecule has 0 amide bonds. The van der Waals surface area contributed by atoms with Crippen LogP contribution in [0, 0.1) is 0 Å². The van der Waals surface area contributed by atoms with E-state index in [1.165, 1.54) is 10.4 Å². The highest BCUT2D eigenvalue weighted by Crippen LogP contribution is 2.30. The molecular formula is C15H19NOS. The Morgan fingerprint density at radius 2 is 1.78 bits per heavy atom. The van der Waals surface area contributed by atoms with Gasteiger partial charge in [0.05, 0.1) is 6.10 Å². The highest BCUT2D eigenvalue weighted by Gasteiger charge is 2.21. The second kappa shape index (κ2) is 6.14. The fourth-order valence-electron chi connectivity index (χ4n) is 1.93. The van der Waals surface area contributed by atoms with Gasteiger partial charge in [0.1, 0.15) is 6.10 Å². The number of hydrogen-bond donors (Lipinski definition) is 1. The van der Waals surface area contributed by atoms with E-state index in [4.69, 9.17) is 10.5 Å². The van der Waals surface area contributed by atoms with E-state index in [2.05, 4.69) is 30.5 Å². The molecule has 3 unspecified atom stereocenters. The minimum Gasteiger partial charge on any atom is -0.363 e. The molecule has 96 valence electrons. The van der Waals surface area contributed by atoms with Gasteiger partial charge in [0, 0.05) is 10.9 Å². The zero-order valence-electron chi connectivity index (χ0n) is 10.7. The topological polar surface area (TPSA) is 35.2 Å². The summed E-state index contributed by atoms with van der Waals surface area (Å²) >= 11 is 1.69. The molecule has 0 radical (unpaired) electrons. The molecule has 2 rings (SSSR count). The first-order valence-corrected chi connectivity index (χ1v) is 7.06. The molecule has 0 saturated heterocycles. The molecule has 3 heteroatoms. The van der Waals surface area contributed by atoms with Crippen LogP contribution in [0.3, 0.4) is 0 Å². The Morgan fingerprint density at radius 3 is 2.33 bits per heavy atom. The molecule has 1 aromatic carbocycles. The lowest BCUT2D eigenvalue weighted by Crippen LogP contribution is -2.27. The Labute approximate surface area is 112 Å². The Bertz CT molecular complexity index is 453. The van der Waals surface area contributed by atoms with Gasteiger partial charge >= 0.3 is 0 Å². The highest BCUT2D eigenvalue weighted by atomic mass is 32.1. The van der Waals surface area contributed by atoms with Gasteiger partial charge in [-0.2, -0.15) is 0 Å². The van der Waals surface area contributed by atoms with E-state index in [9.17, 15) is 0 Å². The zero-order valence-corrected chi connectivity index (χ0v) is 11.6. The molecule has 0 fully saturated rings. The average molecular weight is 261 g/mol. The molecule has 18 heavy (non-hydrogen) atoms. The number of hydrogen-bond acceptors (Lipinski definition) is 3. The summed E-state index contributed by atoms with van der Waals surface area (Å²) < 4.78 is 6.13. The van der Waals surface area contributed by atoms with E-state index in [-0.39, 0.29) is 18.2 Å². The first-order valence-electron chi connectivity index (χ1n) is 6.18. The van der Waals surface area contributed by atoms with Gasteiger partial charge in [0.2, 0.25) is 0 Å². The van der Waals surface area contributed by atoms with Crippen molar-refractivity contribution in [2.75, 3.05) is 0 Å². The predicted molar refractivity (Wildman–Crippen MR) is 76.7 cm³/mol. The van der Waals surface area contributed by atoms with Crippen LogP contribution >= 0.6 is 11.3 Å². The normalized spacial score (nSPS) is 16.2. The summed E-state index contributed by atoms with van der Waals surface area (Å²) in [4.78, 5) is 1.19. The lowest BCUT2D eigenvalue weighted by atomic mass is 10.1. The summed E-state index contributed by atoms with van der Waals surface area (Å²) in [5.41, 5.74) is 7.22. The van der Waals surface area contributed by atoms with Crippen molar-refractivity contribution in [2.45, 2.75) is 32.1 Å². The third-order valence-corrected chi connectivity index (χ3v) is 3.85. The van der Waals surface area contributed by atoms with Gasteiger partial charge in [-0.15, -0.1) is 11.3 Å². The maximum atomic E-state index is 6.13. The van der Waals surface area contributed by atoms with E-state index >= 15 is 0 Å². The highest BCUT2D eigenvalue weighted by molar-refractivity contribution is 7.10. The van der Waals surface area contributed by atoms with E-state index in [1.807, 2.05) is 31.2 Å². The van der Waals surface area contributed by atoms with Crippen molar-refractivity contribution in [3.8, 4) is 0 Å². The minimum absolute atomic E-state index is 0.0187. The van der Waals surface area contributed by atoms with Crippen LogP contribution in [0.4, 0.5) is 0 Å². The van der Waals surface area contributed by atoms with Crippen LogP contribution in [0.15, 0.2) is 47.8 Å². The summed E-state index contributed by atoms with van der Waals surface area (Å²) in [6.07, 6.45) is 0.00417. The largest absolute Gasteiger partial charge is 0.363 e. The Morgan fingerprint density at radius 1 is 1.06 bits per heavy atom. The minimum atomic E-state index is -0.0415. The van der Waals surface area contributed by atoms with Crippen molar-refractivity contribution in [1.82, 2.24) is 0 Å². The number of ether oxygens (including phenoxy) is 1. The van der Waals surface area contributed by atoms with Crippen LogP contribution in [0.5, 0.6) is 0 Å². The molecular weight excluding hydrogens is 242 g/mol. The van der Waals surface area contributed by atoms with Crippen molar-refractivity contribution in [3.63, 3.8) is 0 Å². The Hall–Kier alpha value is -1.16. The van der Waals surface area contributed by atoms with Gasteiger partial charge in [-0.1, -0.05) is 36.4 Å². The molecule has 0 aliphatic heterocycles. The third kappa shape index (κ3) is 3.19. The molecule has 3 atom stereocenters. The molecule has 0 saturated carbocycles. The third-order valence-electron chi connectivity index (χ3n) is 2.92. The number of nitrogens with two attached hydrogens (primary N) is 1. The fourth-order valence-corrected chi connectivity index (χ4v) is 2.80. The van der Waals surface area contributed by atoms with Crippen molar-refractivity contribution in [3.05, 3.63) is 58.3 Å². The average Bonchev–Trinajstić information content (AvgIpc) is 2.90. The number of rotatable bonds is 5. The SMILES string of the molecule is CC(OC(c1cccs1)C(C)N)c1ccccc1. The van der Waals surface area contributed by atoms with Crippen LogP contribution in [-0.4, -0.2) is 6.04 Å². The molecule has 2 aromatic rings. The predicted octanol–water partition coefficient (Wildman–Crippen LogP) is 3.91.